The van der Waals surface area contributed by atoms with Gasteiger partial charge in [0.2, 0.25) is 5.91 Å². The summed E-state index contributed by atoms with van der Waals surface area (Å²) in [6, 6.07) is 4.19. The first-order valence-corrected chi connectivity index (χ1v) is 6.37. The van der Waals surface area contributed by atoms with Crippen molar-refractivity contribution < 1.29 is 4.79 Å². The van der Waals surface area contributed by atoms with E-state index in [4.69, 9.17) is 0 Å². The van der Waals surface area contributed by atoms with E-state index in [2.05, 4.69) is 36.7 Å². The quantitative estimate of drug-likeness (QED) is 0.835. The third kappa shape index (κ3) is 2.59. The van der Waals surface area contributed by atoms with Crippen molar-refractivity contribution in [3.05, 3.63) is 22.4 Å². The van der Waals surface area contributed by atoms with Gasteiger partial charge in [-0.1, -0.05) is 19.9 Å². The maximum atomic E-state index is 11.7. The molecule has 15 heavy (non-hydrogen) atoms. The van der Waals surface area contributed by atoms with Gasteiger partial charge in [-0.2, -0.15) is 0 Å². The Kier molecular flexibility index (Phi) is 3.10. The minimum atomic E-state index is 0.238. The van der Waals surface area contributed by atoms with Crippen molar-refractivity contribution in [2.75, 3.05) is 6.54 Å². The van der Waals surface area contributed by atoms with Gasteiger partial charge in [0.15, 0.2) is 0 Å². The van der Waals surface area contributed by atoms with Crippen LogP contribution in [0.3, 0.4) is 0 Å². The fourth-order valence-electron chi connectivity index (χ4n) is 1.74. The van der Waals surface area contributed by atoms with Gasteiger partial charge in [0.25, 0.3) is 0 Å². The highest BCUT2D eigenvalue weighted by Gasteiger charge is 2.44. The predicted octanol–water partition coefficient (Wildman–Crippen LogP) is 2.62. The van der Waals surface area contributed by atoms with Crippen LogP contribution in [0.1, 0.15) is 31.1 Å². The highest BCUT2D eigenvalue weighted by molar-refractivity contribution is 7.10. The number of thiophene rings is 1. The lowest BCUT2D eigenvalue weighted by molar-refractivity contribution is -0.122. The SMILES string of the molecule is CC(C)CNC(=O)C1CC1c1cccs1. The van der Waals surface area contributed by atoms with Crippen molar-refractivity contribution in [3.63, 3.8) is 0 Å². The van der Waals surface area contributed by atoms with Crippen LogP contribution in [0.2, 0.25) is 0 Å². The Morgan fingerprint density at radius 2 is 2.47 bits per heavy atom. The van der Waals surface area contributed by atoms with Crippen molar-refractivity contribution in [3.8, 4) is 0 Å². The van der Waals surface area contributed by atoms with Crippen LogP contribution in [0.15, 0.2) is 17.5 Å². The Morgan fingerprint density at radius 3 is 3.07 bits per heavy atom. The molecule has 0 aliphatic heterocycles. The van der Waals surface area contributed by atoms with E-state index in [1.165, 1.54) is 4.88 Å². The lowest BCUT2D eigenvalue weighted by Crippen LogP contribution is -2.28. The molecule has 1 aromatic heterocycles. The van der Waals surface area contributed by atoms with E-state index in [1.807, 2.05) is 0 Å². The van der Waals surface area contributed by atoms with Gasteiger partial charge in [0.1, 0.15) is 0 Å². The van der Waals surface area contributed by atoms with Crippen molar-refractivity contribution in [2.45, 2.75) is 26.2 Å². The van der Waals surface area contributed by atoms with Gasteiger partial charge in [0, 0.05) is 23.3 Å². The van der Waals surface area contributed by atoms with Crippen LogP contribution < -0.4 is 5.32 Å². The van der Waals surface area contributed by atoms with Crippen LogP contribution in [0.5, 0.6) is 0 Å². The Hall–Kier alpha value is -0.830. The highest BCUT2D eigenvalue weighted by Crippen LogP contribution is 2.49. The minimum Gasteiger partial charge on any atom is -0.356 e. The normalized spacial score (nSPS) is 24.2. The maximum Gasteiger partial charge on any atom is 0.223 e. The largest absolute Gasteiger partial charge is 0.356 e. The highest BCUT2D eigenvalue weighted by atomic mass is 32.1. The number of carbonyl (C=O) groups excluding carboxylic acids is 1. The molecule has 1 heterocycles. The number of hydrogen-bond acceptors (Lipinski definition) is 2. The molecule has 1 aliphatic carbocycles. The molecule has 1 aromatic rings. The average Bonchev–Trinajstić information content (AvgIpc) is 2.82. The minimum absolute atomic E-state index is 0.238. The molecule has 2 unspecified atom stereocenters. The van der Waals surface area contributed by atoms with Gasteiger partial charge in [-0.25, -0.2) is 0 Å². The lowest BCUT2D eigenvalue weighted by atomic mass is 10.2. The van der Waals surface area contributed by atoms with E-state index >= 15 is 0 Å². The second kappa shape index (κ2) is 4.35. The molecule has 1 aliphatic rings. The first kappa shape index (κ1) is 10.7. The maximum absolute atomic E-state index is 11.7. The summed E-state index contributed by atoms with van der Waals surface area (Å²) in [5, 5.41) is 5.08. The monoisotopic (exact) mass is 223 g/mol. The number of amides is 1. The summed E-state index contributed by atoms with van der Waals surface area (Å²) in [7, 11) is 0. The van der Waals surface area contributed by atoms with Crippen LogP contribution in [0, 0.1) is 11.8 Å². The van der Waals surface area contributed by atoms with Gasteiger partial charge in [0.05, 0.1) is 0 Å². The van der Waals surface area contributed by atoms with Gasteiger partial charge < -0.3 is 5.32 Å². The first-order chi connectivity index (χ1) is 7.18. The van der Waals surface area contributed by atoms with Crippen LogP contribution in [-0.2, 0) is 4.79 Å². The Balaban J connectivity index is 1.81. The van der Waals surface area contributed by atoms with Crippen LogP contribution in [0.4, 0.5) is 0 Å². The zero-order valence-corrected chi connectivity index (χ0v) is 10.0. The molecule has 2 rings (SSSR count). The Labute approximate surface area is 94.7 Å². The molecule has 0 saturated heterocycles. The standard InChI is InChI=1S/C12H17NOS/c1-8(2)7-13-12(14)10-6-9(10)11-4-3-5-15-11/h3-5,8-10H,6-7H2,1-2H3,(H,13,14). The summed E-state index contributed by atoms with van der Waals surface area (Å²) in [5.74, 6) is 1.51. The van der Waals surface area contributed by atoms with E-state index in [1.54, 1.807) is 11.3 Å². The van der Waals surface area contributed by atoms with Crippen molar-refractivity contribution >= 4 is 17.2 Å². The van der Waals surface area contributed by atoms with Crippen molar-refractivity contribution in [1.29, 1.82) is 0 Å². The Morgan fingerprint density at radius 1 is 1.67 bits per heavy atom. The lowest BCUT2D eigenvalue weighted by Gasteiger charge is -2.06. The van der Waals surface area contributed by atoms with E-state index in [0.29, 0.717) is 11.8 Å². The molecule has 1 amide bonds. The molecule has 1 fully saturated rings. The average molecular weight is 223 g/mol. The van der Waals surface area contributed by atoms with Gasteiger partial charge in [-0.3, -0.25) is 4.79 Å². The van der Waals surface area contributed by atoms with Crippen molar-refractivity contribution in [1.82, 2.24) is 5.32 Å². The number of carbonyl (C=O) groups is 1. The van der Waals surface area contributed by atoms with E-state index in [-0.39, 0.29) is 11.8 Å². The summed E-state index contributed by atoms with van der Waals surface area (Å²) in [4.78, 5) is 13.1. The fraction of sp³-hybridized carbons (Fsp3) is 0.583. The molecule has 1 N–H and O–H groups in total. The predicted molar refractivity (Wildman–Crippen MR) is 63.0 cm³/mol. The summed E-state index contributed by atoms with van der Waals surface area (Å²) in [6.45, 7) is 5.03. The van der Waals surface area contributed by atoms with Crippen LogP contribution in [0.25, 0.3) is 0 Å². The van der Waals surface area contributed by atoms with Gasteiger partial charge in [-0.15, -0.1) is 11.3 Å². The van der Waals surface area contributed by atoms with E-state index in [0.717, 1.165) is 13.0 Å². The van der Waals surface area contributed by atoms with E-state index < -0.39 is 0 Å². The molecular formula is C12H17NOS. The van der Waals surface area contributed by atoms with Gasteiger partial charge in [-0.05, 0) is 23.8 Å². The van der Waals surface area contributed by atoms with E-state index in [9.17, 15) is 4.79 Å². The molecule has 2 nitrogen and oxygen atoms in total. The molecule has 82 valence electrons. The zero-order chi connectivity index (χ0) is 10.8. The molecule has 0 spiro atoms. The second-order valence-corrected chi connectivity index (χ2v) is 5.58. The summed E-state index contributed by atoms with van der Waals surface area (Å²) in [6.07, 6.45) is 1.03. The topological polar surface area (TPSA) is 29.1 Å². The molecular weight excluding hydrogens is 206 g/mol. The van der Waals surface area contributed by atoms with Crippen LogP contribution >= 0.6 is 11.3 Å². The molecule has 0 aromatic carbocycles. The molecule has 0 bridgehead atoms. The molecule has 0 radical (unpaired) electrons. The smallest absolute Gasteiger partial charge is 0.223 e. The number of rotatable bonds is 4. The summed E-state index contributed by atoms with van der Waals surface area (Å²) < 4.78 is 0. The molecule has 2 atom stereocenters. The number of hydrogen-bond donors (Lipinski definition) is 1. The van der Waals surface area contributed by atoms with Crippen molar-refractivity contribution in [2.24, 2.45) is 11.8 Å². The summed E-state index contributed by atoms with van der Waals surface area (Å²) >= 11 is 1.76. The molecule has 3 heteroatoms. The third-order valence-electron chi connectivity index (χ3n) is 2.72. The third-order valence-corrected chi connectivity index (χ3v) is 3.72. The molecule has 1 saturated carbocycles. The van der Waals surface area contributed by atoms with Crippen LogP contribution in [-0.4, -0.2) is 12.5 Å². The summed E-state index contributed by atoms with van der Waals surface area (Å²) in [5.41, 5.74) is 0. The Bertz CT molecular complexity index is 331. The first-order valence-electron chi connectivity index (χ1n) is 5.49. The van der Waals surface area contributed by atoms with Gasteiger partial charge >= 0.3 is 0 Å². The zero-order valence-electron chi connectivity index (χ0n) is 9.19. The fourth-order valence-corrected chi connectivity index (χ4v) is 2.64. The number of nitrogens with one attached hydrogen (secondary N) is 1. The second-order valence-electron chi connectivity index (χ2n) is 4.60.